The molecule has 5 rings (SSSR count). The fraction of sp³-hybridized carbons (Fsp3) is 0.250. The van der Waals surface area contributed by atoms with Crippen molar-refractivity contribution >= 4 is 39.0 Å². The van der Waals surface area contributed by atoms with E-state index in [4.69, 9.17) is 16.3 Å². The van der Waals surface area contributed by atoms with E-state index >= 15 is 0 Å². The summed E-state index contributed by atoms with van der Waals surface area (Å²) in [7, 11) is 1.48. The molecule has 1 aliphatic rings. The number of ether oxygens (including phenoxy) is 1. The highest BCUT2D eigenvalue weighted by Gasteiger charge is 2.22. The molecule has 4 aromatic rings. The van der Waals surface area contributed by atoms with E-state index in [-0.39, 0.29) is 11.6 Å². The predicted molar refractivity (Wildman–Crippen MR) is 128 cm³/mol. The maximum Gasteiger partial charge on any atom is 0.165 e. The van der Waals surface area contributed by atoms with Crippen molar-refractivity contribution in [1.82, 2.24) is 14.9 Å². The Morgan fingerprint density at radius 3 is 2.56 bits per heavy atom. The first-order chi connectivity index (χ1) is 15.6. The second-order valence-corrected chi connectivity index (χ2v) is 9.06. The van der Waals surface area contributed by atoms with Gasteiger partial charge in [-0.2, -0.15) is 0 Å². The van der Waals surface area contributed by atoms with Crippen LogP contribution in [-0.2, 0) is 6.54 Å². The molecule has 0 radical (unpaired) electrons. The molecule has 0 amide bonds. The number of methoxy groups -OCH3 is 1. The fourth-order valence-electron chi connectivity index (χ4n) is 4.13. The van der Waals surface area contributed by atoms with Gasteiger partial charge in [0.2, 0.25) is 0 Å². The number of rotatable bonds is 5. The number of fused-ring (bicyclic) bond motifs is 1. The largest absolute Gasteiger partial charge is 0.494 e. The first-order valence-electron chi connectivity index (χ1n) is 10.4. The molecule has 164 valence electrons. The molecule has 0 unspecified atom stereocenters. The van der Waals surface area contributed by atoms with E-state index in [1.165, 1.54) is 7.11 Å². The maximum atomic E-state index is 14.0. The number of nitrogens with zero attached hydrogens (tertiary/aromatic N) is 4. The van der Waals surface area contributed by atoms with Crippen LogP contribution in [0.1, 0.15) is 5.56 Å². The number of hydrogen-bond donors (Lipinski definition) is 0. The first-order valence-corrected chi connectivity index (χ1v) is 11.7. The van der Waals surface area contributed by atoms with E-state index in [0.717, 1.165) is 63.9 Å². The minimum Gasteiger partial charge on any atom is -0.494 e. The van der Waals surface area contributed by atoms with Crippen molar-refractivity contribution in [3.63, 3.8) is 0 Å². The van der Waals surface area contributed by atoms with Crippen LogP contribution in [0.2, 0.25) is 5.02 Å². The van der Waals surface area contributed by atoms with Crippen LogP contribution in [0.5, 0.6) is 5.75 Å². The Morgan fingerprint density at radius 2 is 1.84 bits per heavy atom. The van der Waals surface area contributed by atoms with Gasteiger partial charge in [0.25, 0.3) is 0 Å². The number of aromatic nitrogens is 2. The predicted octanol–water partition coefficient (Wildman–Crippen LogP) is 5.48. The van der Waals surface area contributed by atoms with Crippen LogP contribution in [-0.4, -0.2) is 48.2 Å². The van der Waals surface area contributed by atoms with Crippen molar-refractivity contribution in [3.05, 3.63) is 70.6 Å². The highest BCUT2D eigenvalue weighted by molar-refractivity contribution is 7.17. The second kappa shape index (κ2) is 9.02. The molecular formula is C24H22ClFN4OS. The minimum atomic E-state index is -0.320. The number of halogens is 2. The summed E-state index contributed by atoms with van der Waals surface area (Å²) in [4.78, 5) is 14.8. The van der Waals surface area contributed by atoms with Crippen molar-refractivity contribution in [2.75, 3.05) is 38.2 Å². The van der Waals surface area contributed by atoms with Gasteiger partial charge in [-0.1, -0.05) is 29.8 Å². The van der Waals surface area contributed by atoms with Crippen molar-refractivity contribution in [3.8, 4) is 16.9 Å². The average molecular weight is 469 g/mol. The Morgan fingerprint density at radius 1 is 1.06 bits per heavy atom. The summed E-state index contributed by atoms with van der Waals surface area (Å²) in [5, 5.41) is 3.95. The Kier molecular flexibility index (Phi) is 5.95. The lowest BCUT2D eigenvalue weighted by molar-refractivity contribution is 0.249. The number of anilines is 1. The third-order valence-corrected chi connectivity index (χ3v) is 6.94. The van der Waals surface area contributed by atoms with Gasteiger partial charge in [0.1, 0.15) is 17.0 Å². The van der Waals surface area contributed by atoms with E-state index in [9.17, 15) is 4.39 Å². The molecule has 5 nitrogen and oxygen atoms in total. The lowest BCUT2D eigenvalue weighted by Gasteiger charge is -2.35. The molecule has 0 bridgehead atoms. The van der Waals surface area contributed by atoms with E-state index in [2.05, 4.69) is 25.1 Å². The van der Waals surface area contributed by atoms with E-state index in [1.54, 1.807) is 29.8 Å². The van der Waals surface area contributed by atoms with Gasteiger partial charge in [0.05, 0.1) is 12.5 Å². The molecule has 1 saturated heterocycles. The highest BCUT2D eigenvalue weighted by atomic mass is 35.5. The summed E-state index contributed by atoms with van der Waals surface area (Å²) in [6, 6.07) is 13.1. The molecule has 0 atom stereocenters. The number of benzene rings is 2. The van der Waals surface area contributed by atoms with E-state index < -0.39 is 0 Å². The summed E-state index contributed by atoms with van der Waals surface area (Å²) >= 11 is 7.71. The van der Waals surface area contributed by atoms with Crippen molar-refractivity contribution in [2.24, 2.45) is 0 Å². The minimum absolute atomic E-state index is 0.276. The van der Waals surface area contributed by atoms with Crippen molar-refractivity contribution in [2.45, 2.75) is 6.54 Å². The Labute approximate surface area is 195 Å². The van der Waals surface area contributed by atoms with Gasteiger partial charge in [-0.05, 0) is 35.4 Å². The zero-order valence-electron chi connectivity index (χ0n) is 17.6. The molecule has 0 aliphatic carbocycles. The van der Waals surface area contributed by atoms with Crippen LogP contribution in [0, 0.1) is 5.82 Å². The fourth-order valence-corrected chi connectivity index (χ4v) is 5.16. The van der Waals surface area contributed by atoms with Gasteiger partial charge < -0.3 is 9.64 Å². The summed E-state index contributed by atoms with van der Waals surface area (Å²) in [6.45, 7) is 4.16. The zero-order valence-corrected chi connectivity index (χ0v) is 19.2. The number of piperazine rings is 1. The summed E-state index contributed by atoms with van der Waals surface area (Å²) < 4.78 is 19.0. The summed E-state index contributed by atoms with van der Waals surface area (Å²) in [5.74, 6) is 0.925. The maximum absolute atomic E-state index is 14.0. The van der Waals surface area contributed by atoms with Crippen LogP contribution >= 0.6 is 22.9 Å². The first kappa shape index (κ1) is 21.1. The number of thiophene rings is 1. The molecule has 3 heterocycles. The third-order valence-electron chi connectivity index (χ3n) is 5.80. The van der Waals surface area contributed by atoms with E-state index in [1.807, 2.05) is 30.3 Å². The molecular weight excluding hydrogens is 447 g/mol. The van der Waals surface area contributed by atoms with Crippen LogP contribution < -0.4 is 9.64 Å². The lowest BCUT2D eigenvalue weighted by atomic mass is 10.1. The van der Waals surface area contributed by atoms with Crippen LogP contribution in [0.3, 0.4) is 0 Å². The smallest absolute Gasteiger partial charge is 0.165 e. The SMILES string of the molecule is COc1ccc(CN2CCN(c3ncnc4scc(-c5ccc(Cl)cc5)c34)CC2)cc1F. The van der Waals surface area contributed by atoms with Gasteiger partial charge in [-0.25, -0.2) is 14.4 Å². The molecule has 32 heavy (non-hydrogen) atoms. The molecule has 1 fully saturated rings. The van der Waals surface area contributed by atoms with Crippen molar-refractivity contribution in [1.29, 1.82) is 0 Å². The van der Waals surface area contributed by atoms with Crippen LogP contribution in [0.15, 0.2) is 54.2 Å². The normalized spacial score (nSPS) is 14.8. The van der Waals surface area contributed by atoms with Gasteiger partial charge in [0, 0.05) is 48.7 Å². The third kappa shape index (κ3) is 4.16. The molecule has 2 aromatic heterocycles. The number of hydrogen-bond acceptors (Lipinski definition) is 6. The van der Waals surface area contributed by atoms with Crippen molar-refractivity contribution < 1.29 is 9.13 Å². The highest BCUT2D eigenvalue weighted by Crippen LogP contribution is 2.38. The summed E-state index contributed by atoms with van der Waals surface area (Å²) in [6.07, 6.45) is 1.65. The molecule has 2 aromatic carbocycles. The van der Waals surface area contributed by atoms with Crippen LogP contribution in [0.25, 0.3) is 21.3 Å². The standard InChI is InChI=1S/C24H22ClFN4OS/c1-31-21-7-2-16(12-20(21)26)13-29-8-10-30(11-9-29)23-22-19(14-32-24(22)28-15-27-23)17-3-5-18(25)6-4-17/h2-7,12,14-15H,8-11,13H2,1H3. The van der Waals surface area contributed by atoms with Gasteiger partial charge in [-0.3, -0.25) is 4.90 Å². The topological polar surface area (TPSA) is 41.5 Å². The van der Waals surface area contributed by atoms with Gasteiger partial charge >= 0.3 is 0 Å². The Balaban J connectivity index is 1.34. The molecule has 1 aliphatic heterocycles. The second-order valence-electron chi connectivity index (χ2n) is 7.77. The van der Waals surface area contributed by atoms with Crippen LogP contribution in [0.4, 0.5) is 10.2 Å². The molecule has 8 heteroatoms. The monoisotopic (exact) mass is 468 g/mol. The van der Waals surface area contributed by atoms with Gasteiger partial charge in [0.15, 0.2) is 11.6 Å². The molecule has 0 spiro atoms. The average Bonchev–Trinajstić information content (AvgIpc) is 3.25. The zero-order chi connectivity index (χ0) is 22.1. The Bertz CT molecular complexity index is 1240. The Hall–Kier alpha value is -2.74. The lowest BCUT2D eigenvalue weighted by Crippen LogP contribution is -2.46. The van der Waals surface area contributed by atoms with E-state index in [0.29, 0.717) is 6.54 Å². The quantitative estimate of drug-likeness (QED) is 0.388. The summed E-state index contributed by atoms with van der Waals surface area (Å²) in [5.41, 5.74) is 3.19. The molecule has 0 N–H and O–H groups in total. The van der Waals surface area contributed by atoms with Gasteiger partial charge in [-0.15, -0.1) is 11.3 Å². The molecule has 0 saturated carbocycles.